The molecule has 0 aliphatic rings. The third-order valence-electron chi connectivity index (χ3n) is 1.12. The minimum atomic E-state index is 0.541. The van der Waals surface area contributed by atoms with E-state index in [4.69, 9.17) is 17.3 Å². The lowest BCUT2D eigenvalue weighted by Gasteiger charge is -1.99. The van der Waals surface area contributed by atoms with E-state index in [9.17, 15) is 0 Å². The van der Waals surface area contributed by atoms with Crippen LogP contribution in [0.3, 0.4) is 0 Å². The van der Waals surface area contributed by atoms with Crippen molar-refractivity contribution >= 4 is 33.2 Å². The van der Waals surface area contributed by atoms with Gasteiger partial charge in [-0.15, -0.1) is 0 Å². The summed E-state index contributed by atoms with van der Waals surface area (Å²) in [4.78, 5) is 4.00. The van der Waals surface area contributed by atoms with Gasteiger partial charge in [0, 0.05) is 11.5 Å². The van der Waals surface area contributed by atoms with Crippen molar-refractivity contribution in [3.05, 3.63) is 23.0 Å². The summed E-state index contributed by atoms with van der Waals surface area (Å²) in [5.41, 5.74) is 6.86. The molecule has 1 rings (SSSR count). The molecule has 0 fully saturated rings. The van der Waals surface area contributed by atoms with Crippen molar-refractivity contribution < 1.29 is 0 Å². The molecule has 10 heavy (non-hydrogen) atoms. The summed E-state index contributed by atoms with van der Waals surface area (Å²) in [5, 5.41) is 1.18. The minimum absolute atomic E-state index is 0.541. The van der Waals surface area contributed by atoms with Crippen molar-refractivity contribution in [3.8, 4) is 0 Å². The molecule has 0 bridgehead atoms. The molecule has 0 aromatic carbocycles. The number of nitrogen functional groups attached to an aromatic ring is 1. The zero-order valence-electron chi connectivity index (χ0n) is 5.14. The molecule has 0 saturated heterocycles. The Morgan fingerprint density at radius 3 is 2.90 bits per heavy atom. The molecule has 0 aliphatic carbocycles. The van der Waals surface area contributed by atoms with E-state index < -0.39 is 0 Å². The number of rotatable bonds is 1. The molecule has 0 amide bonds. The lowest BCUT2D eigenvalue weighted by Crippen LogP contribution is -1.92. The number of hydrogen-bond donors (Lipinski definition) is 1. The summed E-state index contributed by atoms with van der Waals surface area (Å²) in [6.45, 7) is 0. The standard InChI is InChI=1S/C6H6BrClN2/c7-3-5-6(8)4(9)1-2-10-5/h1-2H,3H2,(H2,9,10). The van der Waals surface area contributed by atoms with Crippen molar-refractivity contribution in [1.29, 1.82) is 0 Å². The van der Waals surface area contributed by atoms with Crippen LogP contribution < -0.4 is 5.73 Å². The number of nitrogens with zero attached hydrogens (tertiary/aromatic N) is 1. The van der Waals surface area contributed by atoms with Crippen LogP contribution in [0.5, 0.6) is 0 Å². The highest BCUT2D eigenvalue weighted by Gasteiger charge is 2.01. The molecule has 2 nitrogen and oxygen atoms in total. The Hall–Kier alpha value is -0.280. The van der Waals surface area contributed by atoms with Crippen LogP contribution in [0.25, 0.3) is 0 Å². The van der Waals surface area contributed by atoms with E-state index in [-0.39, 0.29) is 0 Å². The number of anilines is 1. The fourth-order valence-electron chi connectivity index (χ4n) is 0.597. The number of alkyl halides is 1. The van der Waals surface area contributed by atoms with Gasteiger partial charge in [0.2, 0.25) is 0 Å². The molecule has 1 aromatic heterocycles. The lowest BCUT2D eigenvalue weighted by molar-refractivity contribution is 1.19. The number of aromatic nitrogens is 1. The van der Waals surface area contributed by atoms with Gasteiger partial charge in [-0.25, -0.2) is 0 Å². The fraction of sp³-hybridized carbons (Fsp3) is 0.167. The first-order valence-corrected chi connectivity index (χ1v) is 4.20. The third-order valence-corrected chi connectivity index (χ3v) is 2.09. The smallest absolute Gasteiger partial charge is 0.0859 e. The van der Waals surface area contributed by atoms with Gasteiger partial charge in [0.25, 0.3) is 0 Å². The first-order chi connectivity index (χ1) is 4.75. The molecule has 0 aliphatic heterocycles. The molecule has 1 heterocycles. The predicted molar refractivity (Wildman–Crippen MR) is 46.3 cm³/mol. The van der Waals surface area contributed by atoms with Crippen LogP contribution in [0.2, 0.25) is 5.02 Å². The highest BCUT2D eigenvalue weighted by molar-refractivity contribution is 9.08. The molecular formula is C6H6BrClN2. The van der Waals surface area contributed by atoms with Crippen molar-refractivity contribution in [2.75, 3.05) is 5.73 Å². The second-order valence-electron chi connectivity index (χ2n) is 1.79. The molecule has 0 saturated carbocycles. The van der Waals surface area contributed by atoms with Gasteiger partial charge in [0.1, 0.15) is 0 Å². The van der Waals surface area contributed by atoms with Crippen molar-refractivity contribution in [2.24, 2.45) is 0 Å². The van der Waals surface area contributed by atoms with Crippen molar-refractivity contribution in [2.45, 2.75) is 5.33 Å². The number of nitrogens with two attached hydrogens (primary N) is 1. The normalized spacial score (nSPS) is 9.80. The van der Waals surface area contributed by atoms with Gasteiger partial charge < -0.3 is 5.73 Å². The van der Waals surface area contributed by atoms with Crippen molar-refractivity contribution in [3.63, 3.8) is 0 Å². The van der Waals surface area contributed by atoms with Gasteiger partial charge in [-0.3, -0.25) is 4.98 Å². The van der Waals surface area contributed by atoms with Gasteiger partial charge in [-0.1, -0.05) is 27.5 Å². The highest BCUT2D eigenvalue weighted by atomic mass is 79.9. The summed E-state index contributed by atoms with van der Waals surface area (Å²) in [5.74, 6) is 0. The largest absolute Gasteiger partial charge is 0.397 e. The Labute approximate surface area is 72.5 Å². The second-order valence-corrected chi connectivity index (χ2v) is 2.73. The summed E-state index contributed by atoms with van der Waals surface area (Å²) in [6.07, 6.45) is 1.64. The van der Waals surface area contributed by atoms with Gasteiger partial charge in [0.05, 0.1) is 16.4 Å². The Bertz CT molecular complexity index is 239. The van der Waals surface area contributed by atoms with Crippen LogP contribution in [0.4, 0.5) is 5.69 Å². The van der Waals surface area contributed by atoms with Crippen LogP contribution in [0, 0.1) is 0 Å². The highest BCUT2D eigenvalue weighted by Crippen LogP contribution is 2.22. The van der Waals surface area contributed by atoms with E-state index in [1.165, 1.54) is 0 Å². The zero-order valence-corrected chi connectivity index (χ0v) is 7.48. The SMILES string of the molecule is Nc1ccnc(CBr)c1Cl. The monoisotopic (exact) mass is 220 g/mol. The first-order valence-electron chi connectivity index (χ1n) is 2.70. The minimum Gasteiger partial charge on any atom is -0.397 e. The molecule has 0 radical (unpaired) electrons. The number of halogens is 2. The Kier molecular flexibility index (Phi) is 2.51. The van der Waals surface area contributed by atoms with Gasteiger partial charge in [-0.05, 0) is 6.07 Å². The van der Waals surface area contributed by atoms with E-state index in [1.807, 2.05) is 0 Å². The number of pyridine rings is 1. The molecule has 1 aromatic rings. The Morgan fingerprint density at radius 2 is 2.40 bits per heavy atom. The molecule has 0 unspecified atom stereocenters. The van der Waals surface area contributed by atoms with Crippen LogP contribution in [0.1, 0.15) is 5.69 Å². The topological polar surface area (TPSA) is 38.9 Å². The van der Waals surface area contributed by atoms with E-state index in [1.54, 1.807) is 12.3 Å². The molecule has 54 valence electrons. The van der Waals surface area contributed by atoms with E-state index in [2.05, 4.69) is 20.9 Å². The van der Waals surface area contributed by atoms with E-state index in [0.717, 1.165) is 5.69 Å². The first kappa shape index (κ1) is 7.82. The van der Waals surface area contributed by atoms with Gasteiger partial charge >= 0.3 is 0 Å². The maximum absolute atomic E-state index is 5.78. The maximum Gasteiger partial charge on any atom is 0.0859 e. The van der Waals surface area contributed by atoms with Crippen LogP contribution in [-0.2, 0) is 5.33 Å². The lowest BCUT2D eigenvalue weighted by atomic mass is 10.3. The second kappa shape index (κ2) is 3.21. The molecular weight excluding hydrogens is 215 g/mol. The Balaban J connectivity index is 3.14. The van der Waals surface area contributed by atoms with Crippen molar-refractivity contribution in [1.82, 2.24) is 4.98 Å². The average Bonchev–Trinajstić information content (AvgIpc) is 1.95. The maximum atomic E-state index is 5.78. The molecule has 0 spiro atoms. The number of hydrogen-bond acceptors (Lipinski definition) is 2. The summed E-state index contributed by atoms with van der Waals surface area (Å²) >= 11 is 9.02. The molecule has 4 heteroatoms. The van der Waals surface area contributed by atoms with Crippen LogP contribution in [-0.4, -0.2) is 4.98 Å². The zero-order chi connectivity index (χ0) is 7.56. The fourth-order valence-corrected chi connectivity index (χ4v) is 1.36. The summed E-state index contributed by atoms with van der Waals surface area (Å²) in [6, 6.07) is 1.68. The van der Waals surface area contributed by atoms with E-state index >= 15 is 0 Å². The predicted octanol–water partition coefficient (Wildman–Crippen LogP) is 2.21. The van der Waals surface area contributed by atoms with Gasteiger partial charge in [-0.2, -0.15) is 0 Å². The van der Waals surface area contributed by atoms with E-state index in [0.29, 0.717) is 16.0 Å². The summed E-state index contributed by atoms with van der Waals surface area (Å²) in [7, 11) is 0. The summed E-state index contributed by atoms with van der Waals surface area (Å²) < 4.78 is 0. The van der Waals surface area contributed by atoms with Gasteiger partial charge in [0.15, 0.2) is 0 Å². The van der Waals surface area contributed by atoms with Crippen LogP contribution >= 0.6 is 27.5 Å². The Morgan fingerprint density at radius 1 is 1.70 bits per heavy atom. The third kappa shape index (κ3) is 1.41. The molecule has 0 atom stereocenters. The quantitative estimate of drug-likeness (QED) is 0.739. The average molecular weight is 221 g/mol. The van der Waals surface area contributed by atoms with Crippen LogP contribution in [0.15, 0.2) is 12.3 Å². The molecule has 2 N–H and O–H groups in total.